The highest BCUT2D eigenvalue weighted by atomic mass is 35.7. The molecule has 0 N–H and O–H groups in total. The highest BCUT2D eigenvalue weighted by molar-refractivity contribution is 8.13. The Morgan fingerprint density at radius 1 is 1.29 bits per heavy atom. The van der Waals surface area contributed by atoms with E-state index in [9.17, 15) is 13.2 Å². The highest BCUT2D eigenvalue weighted by Crippen LogP contribution is 2.24. The fourth-order valence-electron chi connectivity index (χ4n) is 2.45. The van der Waals surface area contributed by atoms with E-state index in [1.54, 1.807) is 23.1 Å². The molecule has 0 spiro atoms. The summed E-state index contributed by atoms with van der Waals surface area (Å²) in [6.45, 7) is 0.890. The van der Waals surface area contributed by atoms with Crippen molar-refractivity contribution >= 4 is 48.8 Å². The first kappa shape index (κ1) is 16.9. The van der Waals surface area contributed by atoms with Crippen LogP contribution < -0.4 is 0 Å². The molecule has 2 rings (SSSR count). The Hall–Kier alpha value is -0.490. The van der Waals surface area contributed by atoms with Gasteiger partial charge in [0.25, 0.3) is 0 Å². The van der Waals surface area contributed by atoms with E-state index in [0.717, 1.165) is 5.56 Å². The molecule has 1 aliphatic rings. The zero-order chi connectivity index (χ0) is 15.6. The van der Waals surface area contributed by atoms with Crippen LogP contribution >= 0.6 is 33.9 Å². The molecule has 0 aromatic heterocycles. The Balaban J connectivity index is 1.95. The Bertz CT molecular complexity index is 648. The summed E-state index contributed by atoms with van der Waals surface area (Å²) >= 11 is 12.0. The molecule has 0 bridgehead atoms. The third-order valence-electron chi connectivity index (χ3n) is 3.39. The Morgan fingerprint density at radius 2 is 2.00 bits per heavy atom. The summed E-state index contributed by atoms with van der Waals surface area (Å²) in [5.41, 5.74) is 0.866. The first-order valence-corrected chi connectivity index (χ1v) is 9.62. The van der Waals surface area contributed by atoms with Gasteiger partial charge in [0.2, 0.25) is 15.0 Å². The van der Waals surface area contributed by atoms with Crippen LogP contribution in [0.2, 0.25) is 10.0 Å². The summed E-state index contributed by atoms with van der Waals surface area (Å²) in [6.07, 6.45) is 0.792. The number of hydrogen-bond donors (Lipinski definition) is 0. The lowest BCUT2D eigenvalue weighted by Crippen LogP contribution is -2.28. The van der Waals surface area contributed by atoms with Crippen molar-refractivity contribution in [3.05, 3.63) is 33.8 Å². The summed E-state index contributed by atoms with van der Waals surface area (Å²) in [6, 6.07) is 5.19. The van der Waals surface area contributed by atoms with E-state index in [0.29, 0.717) is 29.6 Å². The molecular formula is C13H14Cl3NO3S. The van der Waals surface area contributed by atoms with Crippen molar-refractivity contribution in [3.63, 3.8) is 0 Å². The van der Waals surface area contributed by atoms with Gasteiger partial charge in [0, 0.05) is 46.2 Å². The molecule has 1 saturated heterocycles. The first-order chi connectivity index (χ1) is 9.74. The third-order valence-corrected chi connectivity index (χ3v) is 5.24. The molecule has 1 aliphatic heterocycles. The minimum Gasteiger partial charge on any atom is -0.342 e. The summed E-state index contributed by atoms with van der Waals surface area (Å²) in [7, 11) is 1.65. The fraction of sp³-hybridized carbons (Fsp3) is 0.462. The van der Waals surface area contributed by atoms with Crippen LogP contribution in [0.1, 0.15) is 12.0 Å². The first-order valence-electron chi connectivity index (χ1n) is 6.38. The van der Waals surface area contributed by atoms with Gasteiger partial charge in [-0.1, -0.05) is 23.2 Å². The molecule has 1 atom stereocenters. The van der Waals surface area contributed by atoms with Gasteiger partial charge in [0.05, 0.1) is 5.75 Å². The maximum atomic E-state index is 11.9. The van der Waals surface area contributed by atoms with Gasteiger partial charge in [-0.15, -0.1) is 0 Å². The molecule has 1 aromatic rings. The lowest BCUT2D eigenvalue weighted by Gasteiger charge is -2.17. The van der Waals surface area contributed by atoms with E-state index >= 15 is 0 Å². The van der Waals surface area contributed by atoms with Gasteiger partial charge in [0.1, 0.15) is 0 Å². The Kier molecular flexibility index (Phi) is 5.41. The van der Waals surface area contributed by atoms with Gasteiger partial charge in [-0.3, -0.25) is 4.79 Å². The third kappa shape index (κ3) is 5.02. The maximum Gasteiger partial charge on any atom is 0.232 e. The van der Waals surface area contributed by atoms with Gasteiger partial charge in [-0.2, -0.15) is 0 Å². The number of hydrogen-bond acceptors (Lipinski definition) is 3. The molecule has 4 nitrogen and oxygen atoms in total. The monoisotopic (exact) mass is 369 g/mol. The maximum absolute atomic E-state index is 11.9. The zero-order valence-corrected chi connectivity index (χ0v) is 14.1. The number of rotatable bonds is 5. The van der Waals surface area contributed by atoms with Crippen molar-refractivity contribution < 1.29 is 13.2 Å². The van der Waals surface area contributed by atoms with Crippen LogP contribution in [0, 0.1) is 5.92 Å². The van der Waals surface area contributed by atoms with Crippen LogP contribution in [0.25, 0.3) is 0 Å². The lowest BCUT2D eigenvalue weighted by atomic mass is 10.1. The molecule has 21 heavy (non-hydrogen) atoms. The molecule has 8 heteroatoms. The number of benzene rings is 1. The quantitative estimate of drug-likeness (QED) is 0.749. The van der Waals surface area contributed by atoms with E-state index in [1.807, 2.05) is 0 Å². The fourth-order valence-corrected chi connectivity index (χ4v) is 4.18. The summed E-state index contributed by atoms with van der Waals surface area (Å²) in [5, 5.41) is 1.19. The van der Waals surface area contributed by atoms with E-state index in [1.165, 1.54) is 0 Å². The average Bonchev–Trinajstić information content (AvgIpc) is 2.68. The van der Waals surface area contributed by atoms with Crippen molar-refractivity contribution in [2.45, 2.75) is 12.8 Å². The highest BCUT2D eigenvalue weighted by Gasteiger charge is 2.31. The van der Waals surface area contributed by atoms with Crippen molar-refractivity contribution in [3.8, 4) is 0 Å². The number of carbonyl (C=O) groups is 1. The number of carbonyl (C=O) groups excluding carboxylic acids is 1. The molecule has 0 saturated carbocycles. The minimum absolute atomic E-state index is 0.0570. The predicted molar refractivity (Wildman–Crippen MR) is 84.5 cm³/mol. The van der Waals surface area contributed by atoms with Gasteiger partial charge < -0.3 is 4.90 Å². The molecule has 1 amide bonds. The van der Waals surface area contributed by atoms with Crippen LogP contribution in [-0.2, 0) is 20.3 Å². The summed E-state index contributed by atoms with van der Waals surface area (Å²) < 4.78 is 22.1. The number of likely N-dealkylation sites (tertiary alicyclic amines) is 1. The van der Waals surface area contributed by atoms with Gasteiger partial charge in [-0.05, 0) is 30.2 Å². The molecule has 1 heterocycles. The molecule has 1 fully saturated rings. The van der Waals surface area contributed by atoms with Crippen LogP contribution in [0.5, 0.6) is 0 Å². The van der Waals surface area contributed by atoms with E-state index in [2.05, 4.69) is 0 Å². The lowest BCUT2D eigenvalue weighted by molar-refractivity contribution is -0.127. The predicted octanol–water partition coefficient (Wildman–Crippen LogP) is 2.95. The van der Waals surface area contributed by atoms with Crippen molar-refractivity contribution in [2.24, 2.45) is 5.92 Å². The molecule has 1 unspecified atom stereocenters. The van der Waals surface area contributed by atoms with Gasteiger partial charge >= 0.3 is 0 Å². The number of halogens is 3. The smallest absolute Gasteiger partial charge is 0.232 e. The van der Waals surface area contributed by atoms with Crippen molar-refractivity contribution in [1.29, 1.82) is 0 Å². The SMILES string of the molecule is O=C1CC(CS(=O)(=O)Cl)CN1CCc1cc(Cl)ccc1Cl. The van der Waals surface area contributed by atoms with Crippen LogP contribution in [0.3, 0.4) is 0 Å². The summed E-state index contributed by atoms with van der Waals surface area (Å²) in [4.78, 5) is 13.5. The Labute approximate surface area is 138 Å². The summed E-state index contributed by atoms with van der Waals surface area (Å²) in [5.74, 6) is -0.470. The molecular weight excluding hydrogens is 357 g/mol. The van der Waals surface area contributed by atoms with Crippen molar-refractivity contribution in [2.75, 3.05) is 18.8 Å². The van der Waals surface area contributed by atoms with Crippen LogP contribution in [0.15, 0.2) is 18.2 Å². The second-order valence-electron chi connectivity index (χ2n) is 5.10. The second kappa shape index (κ2) is 6.73. The number of amides is 1. The van der Waals surface area contributed by atoms with Gasteiger partial charge in [-0.25, -0.2) is 8.42 Å². The second-order valence-corrected chi connectivity index (χ2v) is 8.77. The largest absolute Gasteiger partial charge is 0.342 e. The molecule has 0 radical (unpaired) electrons. The number of nitrogens with zero attached hydrogens (tertiary/aromatic N) is 1. The van der Waals surface area contributed by atoms with Gasteiger partial charge in [0.15, 0.2) is 0 Å². The standard InChI is InChI=1S/C13H14Cl3NO3S/c14-11-1-2-12(15)10(6-11)3-4-17-7-9(5-13(17)18)8-21(16,19)20/h1-2,6,9H,3-5,7-8H2. The van der Waals surface area contributed by atoms with E-state index in [-0.39, 0.29) is 24.0 Å². The topological polar surface area (TPSA) is 54.5 Å². The Morgan fingerprint density at radius 3 is 2.67 bits per heavy atom. The normalized spacial score (nSPS) is 19.3. The van der Waals surface area contributed by atoms with E-state index in [4.69, 9.17) is 33.9 Å². The molecule has 0 aliphatic carbocycles. The average molecular weight is 371 g/mol. The molecule has 1 aromatic carbocycles. The minimum atomic E-state index is -3.58. The molecule has 116 valence electrons. The van der Waals surface area contributed by atoms with Crippen LogP contribution in [0.4, 0.5) is 0 Å². The van der Waals surface area contributed by atoms with Crippen molar-refractivity contribution in [1.82, 2.24) is 4.90 Å². The van der Waals surface area contributed by atoms with E-state index < -0.39 is 9.05 Å². The van der Waals surface area contributed by atoms with Crippen LogP contribution in [-0.4, -0.2) is 38.1 Å². The zero-order valence-electron chi connectivity index (χ0n) is 11.1.